The number of methoxy groups -OCH3 is 1. The minimum Gasteiger partial charge on any atom is -0.452 e. The fourth-order valence-corrected chi connectivity index (χ4v) is 2.22. The Hall–Kier alpha value is -3.08. The zero-order chi connectivity index (χ0) is 15.5. The van der Waals surface area contributed by atoms with Crippen molar-refractivity contribution in [3.05, 3.63) is 66.4 Å². The molecule has 0 N–H and O–H groups in total. The number of ether oxygens (including phenoxy) is 2. The predicted molar refractivity (Wildman–Crippen MR) is 81.1 cm³/mol. The Morgan fingerprint density at radius 1 is 0.955 bits per heavy atom. The Bertz CT molecular complexity index is 836. The summed E-state index contributed by atoms with van der Waals surface area (Å²) >= 11 is 0. The number of aromatic nitrogens is 1. The second-order valence-corrected chi connectivity index (χ2v) is 4.60. The molecule has 0 atom stereocenters. The van der Waals surface area contributed by atoms with Crippen LogP contribution >= 0.6 is 0 Å². The van der Waals surface area contributed by atoms with E-state index in [0.717, 1.165) is 0 Å². The first-order chi connectivity index (χ1) is 10.7. The van der Waals surface area contributed by atoms with Gasteiger partial charge in [0.05, 0.1) is 18.2 Å². The molecule has 5 heteroatoms. The van der Waals surface area contributed by atoms with E-state index in [1.54, 1.807) is 54.7 Å². The van der Waals surface area contributed by atoms with Gasteiger partial charge in [-0.25, -0.2) is 9.59 Å². The molecule has 1 heterocycles. The van der Waals surface area contributed by atoms with E-state index in [2.05, 4.69) is 0 Å². The molecule has 0 radical (unpaired) electrons. The maximum absolute atomic E-state index is 12.1. The second-order valence-electron chi connectivity index (χ2n) is 4.60. The summed E-state index contributed by atoms with van der Waals surface area (Å²) in [4.78, 5) is 23.8. The molecule has 0 fully saturated rings. The first-order valence-corrected chi connectivity index (χ1v) is 6.66. The van der Waals surface area contributed by atoms with Gasteiger partial charge in [-0.1, -0.05) is 24.3 Å². The number of carbonyl (C=O) groups excluding carboxylic acids is 2. The van der Waals surface area contributed by atoms with E-state index in [0.29, 0.717) is 22.2 Å². The third-order valence-corrected chi connectivity index (χ3v) is 3.28. The van der Waals surface area contributed by atoms with Gasteiger partial charge in [-0.3, -0.25) is 4.57 Å². The number of nitrogens with zero attached hydrogens (tertiary/aromatic N) is 1. The van der Waals surface area contributed by atoms with Crippen molar-refractivity contribution in [1.82, 2.24) is 4.57 Å². The molecule has 110 valence electrons. The van der Waals surface area contributed by atoms with Crippen LogP contribution in [0.15, 0.2) is 60.8 Å². The van der Waals surface area contributed by atoms with Crippen LogP contribution in [0.5, 0.6) is 5.75 Å². The van der Waals surface area contributed by atoms with Crippen LogP contribution < -0.4 is 4.74 Å². The van der Waals surface area contributed by atoms with Gasteiger partial charge < -0.3 is 9.47 Å². The summed E-state index contributed by atoms with van der Waals surface area (Å²) in [6, 6.07) is 15.6. The summed E-state index contributed by atoms with van der Waals surface area (Å²) in [6.45, 7) is 0. The molecule has 0 amide bonds. The van der Waals surface area contributed by atoms with Gasteiger partial charge in [-0.15, -0.1) is 0 Å². The van der Waals surface area contributed by atoms with Gasteiger partial charge in [0.15, 0.2) is 0 Å². The molecule has 0 aliphatic heterocycles. The number of esters is 1. The molecule has 0 aliphatic carbocycles. The minimum absolute atomic E-state index is 0.397. The standard InChI is InChI=1S/C17H13NO4/c1-21-17(20)18-11-10-13-14(18)8-5-9-15(13)22-16(19)12-6-3-2-4-7-12/h2-11H,1H3. The number of fused-ring (bicyclic) bond motifs is 1. The predicted octanol–water partition coefficient (Wildman–Crippen LogP) is 3.48. The van der Waals surface area contributed by atoms with Crippen LogP contribution in [0.3, 0.4) is 0 Å². The van der Waals surface area contributed by atoms with E-state index in [-0.39, 0.29) is 0 Å². The highest BCUT2D eigenvalue weighted by Crippen LogP contribution is 2.27. The fourth-order valence-electron chi connectivity index (χ4n) is 2.22. The molecule has 22 heavy (non-hydrogen) atoms. The minimum atomic E-state index is -0.499. The molecule has 3 rings (SSSR count). The summed E-state index contributed by atoms with van der Waals surface area (Å²) < 4.78 is 11.5. The maximum atomic E-state index is 12.1. The average molecular weight is 295 g/mol. The maximum Gasteiger partial charge on any atom is 0.418 e. The first-order valence-electron chi connectivity index (χ1n) is 6.66. The van der Waals surface area contributed by atoms with Crippen molar-refractivity contribution in [2.45, 2.75) is 0 Å². The highest BCUT2D eigenvalue weighted by molar-refractivity contribution is 5.97. The fraction of sp³-hybridized carbons (Fsp3) is 0.0588. The van der Waals surface area contributed by atoms with E-state index >= 15 is 0 Å². The molecule has 5 nitrogen and oxygen atoms in total. The van der Waals surface area contributed by atoms with Crippen molar-refractivity contribution >= 4 is 23.0 Å². The Kier molecular flexibility index (Phi) is 3.62. The van der Waals surface area contributed by atoms with Crippen LogP contribution in [0.1, 0.15) is 10.4 Å². The van der Waals surface area contributed by atoms with Gasteiger partial charge in [0.25, 0.3) is 0 Å². The Labute approximate surface area is 126 Å². The lowest BCUT2D eigenvalue weighted by Gasteiger charge is -2.07. The SMILES string of the molecule is COC(=O)n1ccc2c(OC(=O)c3ccccc3)cccc21. The topological polar surface area (TPSA) is 57.5 Å². The number of hydrogen-bond acceptors (Lipinski definition) is 4. The van der Waals surface area contributed by atoms with Gasteiger partial charge in [0, 0.05) is 11.6 Å². The lowest BCUT2D eigenvalue weighted by atomic mass is 10.2. The Morgan fingerprint density at radius 2 is 1.73 bits per heavy atom. The van der Waals surface area contributed by atoms with E-state index in [1.165, 1.54) is 11.7 Å². The van der Waals surface area contributed by atoms with Crippen molar-refractivity contribution in [3.8, 4) is 5.75 Å². The molecule has 0 aliphatic rings. The zero-order valence-corrected chi connectivity index (χ0v) is 11.9. The lowest BCUT2D eigenvalue weighted by Crippen LogP contribution is -2.10. The van der Waals surface area contributed by atoms with E-state index < -0.39 is 12.1 Å². The molecule has 3 aromatic rings. The summed E-state index contributed by atoms with van der Waals surface area (Å²) in [5, 5.41) is 0.664. The largest absolute Gasteiger partial charge is 0.452 e. The highest BCUT2D eigenvalue weighted by atomic mass is 16.5. The molecule has 0 saturated heterocycles. The number of rotatable bonds is 2. The molecule has 0 spiro atoms. The summed E-state index contributed by atoms with van der Waals surface area (Å²) in [6.07, 6.45) is 1.08. The molecule has 1 aromatic heterocycles. The van der Waals surface area contributed by atoms with E-state index in [4.69, 9.17) is 9.47 Å². The zero-order valence-electron chi connectivity index (χ0n) is 11.9. The smallest absolute Gasteiger partial charge is 0.418 e. The van der Waals surface area contributed by atoms with Crippen molar-refractivity contribution in [2.75, 3.05) is 7.11 Å². The lowest BCUT2D eigenvalue weighted by molar-refractivity contribution is 0.0737. The first kappa shape index (κ1) is 13.9. The third-order valence-electron chi connectivity index (χ3n) is 3.28. The van der Waals surface area contributed by atoms with Crippen molar-refractivity contribution < 1.29 is 19.1 Å². The average Bonchev–Trinajstić information content (AvgIpc) is 3.00. The number of benzene rings is 2. The van der Waals surface area contributed by atoms with Crippen LogP contribution in [0.4, 0.5) is 4.79 Å². The molecular formula is C17H13NO4. The monoisotopic (exact) mass is 295 g/mol. The normalized spacial score (nSPS) is 10.4. The molecular weight excluding hydrogens is 282 g/mol. The highest BCUT2D eigenvalue weighted by Gasteiger charge is 2.14. The van der Waals surface area contributed by atoms with Crippen molar-refractivity contribution in [2.24, 2.45) is 0 Å². The van der Waals surface area contributed by atoms with Gasteiger partial charge >= 0.3 is 12.1 Å². The third kappa shape index (κ3) is 2.44. The molecule has 2 aromatic carbocycles. The Balaban J connectivity index is 1.97. The van der Waals surface area contributed by atoms with E-state index in [9.17, 15) is 9.59 Å². The molecule has 0 saturated carbocycles. The van der Waals surface area contributed by atoms with Gasteiger partial charge in [-0.2, -0.15) is 0 Å². The van der Waals surface area contributed by atoms with E-state index in [1.807, 2.05) is 6.07 Å². The summed E-state index contributed by atoms with van der Waals surface area (Å²) in [5.41, 5.74) is 1.08. The van der Waals surface area contributed by atoms with Crippen molar-refractivity contribution in [3.63, 3.8) is 0 Å². The van der Waals surface area contributed by atoms with Gasteiger partial charge in [0.2, 0.25) is 0 Å². The Morgan fingerprint density at radius 3 is 2.45 bits per heavy atom. The summed E-state index contributed by atoms with van der Waals surface area (Å²) in [5.74, 6) is -0.0482. The van der Waals surface area contributed by atoms with Gasteiger partial charge in [-0.05, 0) is 30.3 Å². The van der Waals surface area contributed by atoms with Crippen molar-refractivity contribution in [1.29, 1.82) is 0 Å². The van der Waals surface area contributed by atoms with Crippen LogP contribution in [-0.2, 0) is 4.74 Å². The number of carbonyl (C=O) groups is 2. The number of hydrogen-bond donors (Lipinski definition) is 0. The molecule has 0 bridgehead atoms. The summed E-state index contributed by atoms with van der Waals surface area (Å²) in [7, 11) is 1.31. The second kappa shape index (κ2) is 5.73. The molecule has 0 unspecified atom stereocenters. The quantitative estimate of drug-likeness (QED) is 0.536. The van der Waals surface area contributed by atoms with Crippen LogP contribution in [0.2, 0.25) is 0 Å². The van der Waals surface area contributed by atoms with Gasteiger partial charge in [0.1, 0.15) is 5.75 Å². The van der Waals surface area contributed by atoms with Crippen LogP contribution in [0.25, 0.3) is 10.9 Å². The van der Waals surface area contributed by atoms with Crippen LogP contribution in [-0.4, -0.2) is 23.7 Å². The van der Waals surface area contributed by atoms with Crippen LogP contribution in [0, 0.1) is 0 Å².